The molecule has 0 aliphatic carbocycles. The minimum absolute atomic E-state index is 0.00668. The highest BCUT2D eigenvalue weighted by Gasteiger charge is 2.34. The second-order valence-corrected chi connectivity index (χ2v) is 8.40. The predicted octanol–water partition coefficient (Wildman–Crippen LogP) is 5.19. The van der Waals surface area contributed by atoms with Gasteiger partial charge in [0.1, 0.15) is 23.1 Å². The van der Waals surface area contributed by atoms with Gasteiger partial charge in [0.05, 0.1) is 16.6 Å². The molecule has 0 amide bonds. The van der Waals surface area contributed by atoms with Crippen LogP contribution < -0.4 is 9.64 Å². The van der Waals surface area contributed by atoms with E-state index < -0.39 is 6.17 Å². The molecule has 1 atom stereocenters. The molecule has 2 aliphatic rings. The Morgan fingerprint density at radius 2 is 1.82 bits per heavy atom. The third kappa shape index (κ3) is 3.04. The van der Waals surface area contributed by atoms with Gasteiger partial charge in [0.25, 0.3) is 0 Å². The Kier molecular flexibility index (Phi) is 4.58. The number of aromatic nitrogens is 2. The highest BCUT2D eigenvalue weighted by molar-refractivity contribution is 6.27. The molecule has 3 heterocycles. The van der Waals surface area contributed by atoms with Crippen LogP contribution in [0, 0.1) is 0 Å². The number of aromatic hydroxyl groups is 2. The number of rotatable bonds is 4. The minimum atomic E-state index is -0.595. The van der Waals surface area contributed by atoms with Gasteiger partial charge in [-0.05, 0) is 56.3 Å². The molecule has 3 aromatic carbocycles. The highest BCUT2D eigenvalue weighted by Crippen LogP contribution is 2.43. The van der Waals surface area contributed by atoms with Crippen LogP contribution in [0.25, 0.3) is 22.7 Å². The Balaban J connectivity index is 1.56. The van der Waals surface area contributed by atoms with Crippen LogP contribution in [-0.4, -0.2) is 38.8 Å². The lowest BCUT2D eigenvalue weighted by atomic mass is 10.0. The first-order valence-corrected chi connectivity index (χ1v) is 11.4. The first-order valence-electron chi connectivity index (χ1n) is 11.4. The number of aliphatic imine (C=N–C) groups is 1. The predicted molar refractivity (Wildman–Crippen MR) is 134 cm³/mol. The largest absolute Gasteiger partial charge is 0.508 e. The summed E-state index contributed by atoms with van der Waals surface area (Å²) in [5, 5.41) is 20.5. The van der Waals surface area contributed by atoms with Gasteiger partial charge in [-0.2, -0.15) is 0 Å². The van der Waals surface area contributed by atoms with E-state index in [1.165, 1.54) is 6.07 Å². The van der Waals surface area contributed by atoms with Crippen LogP contribution in [0.5, 0.6) is 17.2 Å². The van der Waals surface area contributed by atoms with Crippen LogP contribution in [0.2, 0.25) is 0 Å². The third-order valence-electron chi connectivity index (χ3n) is 6.48. The Labute approximate surface area is 196 Å². The third-order valence-corrected chi connectivity index (χ3v) is 6.48. The number of benzene rings is 3. The molecule has 1 aromatic heterocycles. The standard InChI is InChI=1S/C27H24N4O3/c1-3-30(4-2)17-10-9-16-13-20-26-28-21-7-5-6-8-22(21)31(26)25(29-27(20)34-24(16)14-17)19-12-11-18(32)15-23(19)33/h5-15,25,32-33H,3-4H2,1-2H3. The summed E-state index contributed by atoms with van der Waals surface area (Å²) in [6.45, 7) is 6.07. The first kappa shape index (κ1) is 20.4. The van der Waals surface area contributed by atoms with Crippen LogP contribution in [0.1, 0.15) is 37.0 Å². The van der Waals surface area contributed by atoms with Gasteiger partial charge in [-0.3, -0.25) is 4.57 Å². The average molecular weight is 453 g/mol. The molecule has 6 rings (SSSR count). The van der Waals surface area contributed by atoms with Crippen molar-refractivity contribution in [2.75, 3.05) is 18.0 Å². The van der Waals surface area contributed by atoms with Crippen molar-refractivity contribution in [2.45, 2.75) is 20.0 Å². The second kappa shape index (κ2) is 7.66. The second-order valence-electron chi connectivity index (χ2n) is 8.40. The van der Waals surface area contributed by atoms with E-state index in [0.717, 1.165) is 52.5 Å². The summed E-state index contributed by atoms with van der Waals surface area (Å²) in [5.74, 6) is 1.88. The average Bonchev–Trinajstić information content (AvgIpc) is 3.23. The lowest BCUT2D eigenvalue weighted by Crippen LogP contribution is -2.27. The molecule has 1 unspecified atom stereocenters. The van der Waals surface area contributed by atoms with Gasteiger partial charge < -0.3 is 19.8 Å². The summed E-state index contributed by atoms with van der Waals surface area (Å²) in [7, 11) is 0. The lowest BCUT2D eigenvalue weighted by molar-refractivity contribution is 0.435. The van der Waals surface area contributed by atoms with Gasteiger partial charge in [-0.25, -0.2) is 9.98 Å². The molecule has 34 heavy (non-hydrogen) atoms. The monoisotopic (exact) mass is 452 g/mol. The molecule has 2 N–H and O–H groups in total. The van der Waals surface area contributed by atoms with E-state index in [1.807, 2.05) is 34.9 Å². The van der Waals surface area contributed by atoms with Crippen LogP contribution in [0.3, 0.4) is 0 Å². The van der Waals surface area contributed by atoms with E-state index in [-0.39, 0.29) is 11.5 Å². The fourth-order valence-electron chi connectivity index (χ4n) is 4.76. The van der Waals surface area contributed by atoms with Gasteiger partial charge in [-0.1, -0.05) is 12.1 Å². The van der Waals surface area contributed by atoms with E-state index in [1.54, 1.807) is 12.1 Å². The Hall–Kier alpha value is -4.26. The summed E-state index contributed by atoms with van der Waals surface area (Å²) in [6, 6.07) is 18.6. The fraction of sp³-hybridized carbons (Fsp3) is 0.185. The highest BCUT2D eigenvalue weighted by atomic mass is 16.5. The van der Waals surface area contributed by atoms with Crippen molar-refractivity contribution in [2.24, 2.45) is 4.99 Å². The summed E-state index contributed by atoms with van der Waals surface area (Å²) in [5.41, 5.74) is 5.15. The number of imidazole rings is 1. The maximum Gasteiger partial charge on any atom is 0.228 e. The van der Waals surface area contributed by atoms with Crippen LogP contribution in [0.4, 0.5) is 5.69 Å². The Bertz CT molecular complexity index is 1500. The molecular weight excluding hydrogens is 428 g/mol. The quantitative estimate of drug-likeness (QED) is 0.446. The van der Waals surface area contributed by atoms with Crippen LogP contribution >= 0.6 is 0 Å². The molecular formula is C27H24N4O3. The number of ether oxygens (including phenoxy) is 1. The smallest absolute Gasteiger partial charge is 0.228 e. The maximum atomic E-state index is 10.7. The summed E-state index contributed by atoms with van der Waals surface area (Å²) in [6.07, 6.45) is 1.47. The number of nitrogens with zero attached hydrogens (tertiary/aromatic N) is 4. The zero-order valence-corrected chi connectivity index (χ0v) is 18.9. The fourth-order valence-corrected chi connectivity index (χ4v) is 4.76. The van der Waals surface area contributed by atoms with E-state index in [0.29, 0.717) is 11.5 Å². The van der Waals surface area contributed by atoms with Gasteiger partial charge in [0, 0.05) is 42.0 Å². The molecule has 2 aliphatic heterocycles. The maximum absolute atomic E-state index is 10.7. The molecule has 7 heteroatoms. The van der Waals surface area contributed by atoms with Crippen molar-refractivity contribution in [1.29, 1.82) is 0 Å². The van der Waals surface area contributed by atoms with E-state index in [4.69, 9.17) is 14.7 Å². The zero-order valence-electron chi connectivity index (χ0n) is 18.9. The van der Waals surface area contributed by atoms with Gasteiger partial charge in [0.2, 0.25) is 5.90 Å². The lowest BCUT2D eigenvalue weighted by Gasteiger charge is -2.29. The SMILES string of the molecule is CCN(CC)c1ccc2c(c1)OC1=NC(c3ccc(O)cc3O)n3c(nc4ccccc43)C1=C2. The number of anilines is 1. The summed E-state index contributed by atoms with van der Waals surface area (Å²) < 4.78 is 8.36. The van der Waals surface area contributed by atoms with Crippen molar-refractivity contribution in [3.05, 3.63) is 77.6 Å². The number of phenolic OH excluding ortho intramolecular Hbond substituents is 2. The molecule has 7 nitrogen and oxygen atoms in total. The Morgan fingerprint density at radius 3 is 2.62 bits per heavy atom. The van der Waals surface area contributed by atoms with Gasteiger partial charge >= 0.3 is 0 Å². The molecule has 4 aromatic rings. The number of hydrogen-bond acceptors (Lipinski definition) is 6. The molecule has 0 radical (unpaired) electrons. The zero-order chi connectivity index (χ0) is 23.4. The molecule has 170 valence electrons. The number of fused-ring (bicyclic) bond motifs is 6. The van der Waals surface area contributed by atoms with Crippen LogP contribution in [-0.2, 0) is 0 Å². The van der Waals surface area contributed by atoms with Crippen molar-refractivity contribution in [1.82, 2.24) is 9.55 Å². The number of para-hydroxylation sites is 2. The van der Waals surface area contributed by atoms with Crippen molar-refractivity contribution in [3.8, 4) is 17.2 Å². The summed E-state index contributed by atoms with van der Waals surface area (Å²) >= 11 is 0. The van der Waals surface area contributed by atoms with Gasteiger partial charge in [0.15, 0.2) is 6.17 Å². The molecule has 0 saturated heterocycles. The van der Waals surface area contributed by atoms with Crippen LogP contribution in [0.15, 0.2) is 65.7 Å². The number of hydrogen-bond donors (Lipinski definition) is 2. The van der Waals surface area contributed by atoms with Crippen molar-refractivity contribution in [3.63, 3.8) is 0 Å². The summed E-state index contributed by atoms with van der Waals surface area (Å²) in [4.78, 5) is 12.1. The van der Waals surface area contributed by atoms with E-state index in [2.05, 4.69) is 37.0 Å². The minimum Gasteiger partial charge on any atom is -0.508 e. The number of phenols is 2. The van der Waals surface area contributed by atoms with Gasteiger partial charge in [-0.15, -0.1) is 0 Å². The van der Waals surface area contributed by atoms with Crippen molar-refractivity contribution < 1.29 is 14.9 Å². The van der Waals surface area contributed by atoms with E-state index >= 15 is 0 Å². The van der Waals surface area contributed by atoms with Crippen molar-refractivity contribution >= 4 is 34.3 Å². The molecule has 0 saturated carbocycles. The molecule has 0 fully saturated rings. The van der Waals surface area contributed by atoms with E-state index in [9.17, 15) is 10.2 Å². The molecule has 0 spiro atoms. The normalized spacial score (nSPS) is 16.1. The first-order chi connectivity index (χ1) is 16.6. The topological polar surface area (TPSA) is 83.1 Å². The molecule has 0 bridgehead atoms. The Morgan fingerprint density at radius 1 is 1.00 bits per heavy atom.